The number of unbranched alkanes of at least 4 members (excludes halogenated alkanes) is 8. The summed E-state index contributed by atoms with van der Waals surface area (Å²) in [6, 6.07) is 4.58. The number of amides is 4. The maximum atomic E-state index is 12.3. The van der Waals surface area contributed by atoms with Crippen LogP contribution in [-0.2, 0) is 47.7 Å². The summed E-state index contributed by atoms with van der Waals surface area (Å²) in [4.78, 5) is 81.0. The van der Waals surface area contributed by atoms with Gasteiger partial charge in [0.25, 0.3) is 0 Å². The number of nitrogens with two attached hydrogens (primary N) is 1. The molecule has 0 aliphatic carbocycles. The number of carbonyl (C=O) groups is 6. The highest BCUT2D eigenvalue weighted by Crippen LogP contribution is 2.14. The smallest absolute Gasteiger partial charge is 0.335 e. The van der Waals surface area contributed by atoms with Gasteiger partial charge in [-0.25, -0.2) is 9.59 Å². The number of hydrogen-bond donors (Lipinski definition) is 7. The first-order chi connectivity index (χ1) is 29.0. The van der Waals surface area contributed by atoms with E-state index in [-0.39, 0.29) is 114 Å². The lowest BCUT2D eigenvalue weighted by Crippen LogP contribution is -2.41. The lowest BCUT2D eigenvalue weighted by molar-refractivity contribution is -0.142. The molecule has 0 aliphatic heterocycles. The monoisotopic (exact) mass is 852 g/mol. The molecule has 0 spiro atoms. The maximum Gasteiger partial charge on any atom is 0.335 e. The predicted molar refractivity (Wildman–Crippen MR) is 219 cm³/mol. The second-order valence-corrected chi connectivity index (χ2v) is 13.9. The van der Waals surface area contributed by atoms with Gasteiger partial charge in [0, 0.05) is 32.5 Å². The molecule has 4 amide bonds. The molecule has 0 unspecified atom stereocenters. The Kier molecular flexibility index (Phi) is 32.2. The van der Waals surface area contributed by atoms with Crippen molar-refractivity contribution >= 4 is 41.9 Å². The Morgan fingerprint density at radius 3 is 1.67 bits per heavy atom. The summed E-state index contributed by atoms with van der Waals surface area (Å²) >= 11 is 0. The highest BCUT2D eigenvalue weighted by Gasteiger charge is 2.21. The minimum atomic E-state index is -1.20. The number of hydrogen-bond acceptors (Lipinski definition) is 13. The second kappa shape index (κ2) is 36.2. The third-order valence-electron chi connectivity index (χ3n) is 8.72. The van der Waals surface area contributed by atoms with Crippen LogP contribution in [0, 0.1) is 0 Å². The van der Waals surface area contributed by atoms with Gasteiger partial charge in [0.2, 0.25) is 29.9 Å². The topological polar surface area (TPSA) is 280 Å². The lowest BCUT2D eigenvalue weighted by Gasteiger charge is -2.14. The van der Waals surface area contributed by atoms with Crippen LogP contribution < -0.4 is 31.7 Å². The zero-order valence-electron chi connectivity index (χ0n) is 34.7. The summed E-state index contributed by atoms with van der Waals surface area (Å²) in [5, 5.41) is 28.9. The van der Waals surface area contributed by atoms with Gasteiger partial charge in [-0.1, -0.05) is 38.5 Å². The molecule has 1 aromatic carbocycles. The third-order valence-corrected chi connectivity index (χ3v) is 8.72. The van der Waals surface area contributed by atoms with E-state index in [1.165, 1.54) is 12.1 Å². The summed E-state index contributed by atoms with van der Waals surface area (Å²) in [7, 11) is 0. The molecule has 8 N–H and O–H groups in total. The Labute approximate surface area is 352 Å². The molecule has 0 heterocycles. The summed E-state index contributed by atoms with van der Waals surface area (Å²) < 4.78 is 26.9. The number of ether oxygens (including phenoxy) is 5. The van der Waals surface area contributed by atoms with Crippen LogP contribution in [0.25, 0.3) is 0 Å². The van der Waals surface area contributed by atoms with Crippen LogP contribution >= 0.6 is 0 Å². The van der Waals surface area contributed by atoms with Gasteiger partial charge in [-0.05, 0) is 62.8 Å². The van der Waals surface area contributed by atoms with Crippen LogP contribution in [0.1, 0.15) is 100 Å². The van der Waals surface area contributed by atoms with Gasteiger partial charge < -0.3 is 60.9 Å². The van der Waals surface area contributed by atoms with Crippen molar-refractivity contribution < 1.29 is 67.5 Å². The Hall–Kier alpha value is -4.69. The van der Waals surface area contributed by atoms with Crippen molar-refractivity contribution in [2.24, 2.45) is 5.73 Å². The molecule has 0 saturated heterocycles. The number of carbonyl (C=O) groups excluding carboxylic acids is 5. The Bertz CT molecular complexity index is 1370. The molecule has 60 heavy (non-hydrogen) atoms. The van der Waals surface area contributed by atoms with E-state index < -0.39 is 24.0 Å². The molecule has 0 bridgehead atoms. The molecule has 0 aliphatic rings. The summed E-state index contributed by atoms with van der Waals surface area (Å²) in [6.07, 6.45) is 11.3. The van der Waals surface area contributed by atoms with E-state index in [1.807, 2.05) is 0 Å². The van der Waals surface area contributed by atoms with Gasteiger partial charge in [-0.2, -0.15) is 0 Å². The highest BCUT2D eigenvalue weighted by atomic mass is 16.5. The molecule has 1 radical (unpaired) electrons. The van der Waals surface area contributed by atoms with Crippen LogP contribution in [0.5, 0.6) is 5.75 Å². The van der Waals surface area contributed by atoms with Gasteiger partial charge in [-0.15, -0.1) is 0 Å². The number of aromatic carboxylic acids is 1. The Morgan fingerprint density at radius 1 is 0.567 bits per heavy atom. The normalized spacial score (nSPS) is 11.9. The number of rotatable bonds is 40. The lowest BCUT2D eigenvalue weighted by atomic mass is 10.1. The standard InChI is InChI=1S/C41H66N5O14/c42-33(29-47)11-8-9-19-43-38(50)30-58-27-26-57-24-21-45-39(51)31-59-28-25-56-23-20-44-36(48)18-17-35(41(54)55)46-37(49)12-7-5-3-1-2-4-6-10-22-60-34-15-13-32(14-16-34)40(52)53/h13-16,33,35H,1-12,17-28,30-31,42H2,(H,43,50)(H,44,48)(H,45,51)(H,46,49)(H,52,53)(H,54,55)/t33-,35-/m0/s1. The average Bonchev–Trinajstić information content (AvgIpc) is 3.23. The minimum absolute atomic E-state index is 0.0462. The molecule has 0 saturated carbocycles. The van der Waals surface area contributed by atoms with Gasteiger partial charge in [0.15, 0.2) is 0 Å². The Morgan fingerprint density at radius 2 is 1.10 bits per heavy atom. The largest absolute Gasteiger partial charge is 0.494 e. The number of carboxylic acids is 2. The molecule has 0 fully saturated rings. The van der Waals surface area contributed by atoms with Crippen molar-refractivity contribution in [2.75, 3.05) is 79.1 Å². The highest BCUT2D eigenvalue weighted by molar-refractivity contribution is 5.87. The molecule has 19 heteroatoms. The minimum Gasteiger partial charge on any atom is -0.494 e. The maximum absolute atomic E-state index is 12.3. The average molecular weight is 853 g/mol. The summed E-state index contributed by atoms with van der Waals surface area (Å²) in [6.45, 7) is 2.49. The molecule has 0 aromatic heterocycles. The van der Waals surface area contributed by atoms with E-state index in [1.54, 1.807) is 18.4 Å². The van der Waals surface area contributed by atoms with E-state index in [0.29, 0.717) is 44.6 Å². The molecule has 1 aromatic rings. The van der Waals surface area contributed by atoms with Gasteiger partial charge in [-0.3, -0.25) is 24.0 Å². The zero-order chi connectivity index (χ0) is 44.1. The molecule has 19 nitrogen and oxygen atoms in total. The van der Waals surface area contributed by atoms with E-state index in [4.69, 9.17) is 34.5 Å². The van der Waals surface area contributed by atoms with Crippen LogP contribution in [0.4, 0.5) is 0 Å². The van der Waals surface area contributed by atoms with Crippen molar-refractivity contribution in [3.8, 4) is 5.75 Å². The summed E-state index contributed by atoms with van der Waals surface area (Å²) in [5.41, 5.74) is 5.67. The van der Waals surface area contributed by atoms with Crippen LogP contribution in [0.2, 0.25) is 0 Å². The third kappa shape index (κ3) is 31.3. The van der Waals surface area contributed by atoms with Crippen LogP contribution in [0.15, 0.2) is 24.3 Å². The SMILES string of the molecule is N[C@H]([C]=O)CCCCNC(=O)COCCOCCNC(=O)COCCOCCNC(=O)CC[C@H](NC(=O)CCCCCCCCCCOc1ccc(C(=O)O)cc1)C(=O)O. The van der Waals surface area contributed by atoms with Crippen molar-refractivity contribution in [3.63, 3.8) is 0 Å². The number of benzene rings is 1. The van der Waals surface area contributed by atoms with Crippen molar-refractivity contribution in [1.29, 1.82) is 0 Å². The molecular weight excluding hydrogens is 786 g/mol. The fourth-order valence-corrected chi connectivity index (χ4v) is 5.39. The van der Waals surface area contributed by atoms with E-state index in [9.17, 15) is 38.7 Å². The summed E-state index contributed by atoms with van der Waals surface area (Å²) in [5.74, 6) is -2.83. The molecule has 339 valence electrons. The van der Waals surface area contributed by atoms with Crippen molar-refractivity contribution in [3.05, 3.63) is 29.8 Å². The van der Waals surface area contributed by atoms with Crippen LogP contribution in [-0.4, -0.2) is 143 Å². The second-order valence-electron chi connectivity index (χ2n) is 13.9. The van der Waals surface area contributed by atoms with E-state index >= 15 is 0 Å². The predicted octanol–water partition coefficient (Wildman–Crippen LogP) is 1.65. The Balaban J connectivity index is 1.92. The first kappa shape index (κ1) is 53.3. The van der Waals surface area contributed by atoms with Gasteiger partial charge in [0.1, 0.15) is 25.0 Å². The first-order valence-electron chi connectivity index (χ1n) is 20.7. The van der Waals surface area contributed by atoms with Crippen LogP contribution in [0.3, 0.4) is 0 Å². The van der Waals surface area contributed by atoms with E-state index in [0.717, 1.165) is 44.9 Å². The first-order valence-corrected chi connectivity index (χ1v) is 20.7. The molecular formula is C41H66N5O14. The molecule has 1 rings (SSSR count). The quantitative estimate of drug-likeness (QED) is 0.0463. The number of carboxylic acid groups (broad SMARTS) is 2. The van der Waals surface area contributed by atoms with Gasteiger partial charge >= 0.3 is 11.9 Å². The van der Waals surface area contributed by atoms with Crippen molar-refractivity contribution in [1.82, 2.24) is 21.3 Å². The fraction of sp³-hybridized carbons (Fsp3) is 0.683. The van der Waals surface area contributed by atoms with Crippen molar-refractivity contribution in [2.45, 2.75) is 102 Å². The molecule has 2 atom stereocenters. The van der Waals surface area contributed by atoms with Gasteiger partial charge in [0.05, 0.1) is 57.9 Å². The zero-order valence-corrected chi connectivity index (χ0v) is 34.7. The number of aliphatic carboxylic acids is 1. The fourth-order valence-electron chi connectivity index (χ4n) is 5.39. The van der Waals surface area contributed by atoms with E-state index in [2.05, 4.69) is 21.3 Å². The number of nitrogens with one attached hydrogen (secondary N) is 4.